The number of benzene rings is 1. The maximum Gasteiger partial charge on any atom is 0.328 e. The molecule has 0 bridgehead atoms. The van der Waals surface area contributed by atoms with Gasteiger partial charge in [-0.15, -0.1) is 0 Å². The second-order valence-electron chi connectivity index (χ2n) is 3.81. The van der Waals surface area contributed by atoms with Crippen molar-refractivity contribution in [1.29, 1.82) is 0 Å². The predicted molar refractivity (Wildman–Crippen MR) is 69.4 cm³/mol. The molecule has 0 aliphatic rings. The fourth-order valence-corrected chi connectivity index (χ4v) is 1.56. The first-order chi connectivity index (χ1) is 9.01. The van der Waals surface area contributed by atoms with Crippen molar-refractivity contribution < 1.29 is 19.2 Å². The molecule has 0 saturated carbocycles. The monoisotopic (exact) mass is 268 g/mol. The molecule has 1 atom stereocenters. The van der Waals surface area contributed by atoms with Crippen LogP contribution in [0.1, 0.15) is 13.3 Å². The molecule has 1 aromatic carbocycles. The fourth-order valence-electron chi connectivity index (χ4n) is 1.56. The first-order valence-corrected chi connectivity index (χ1v) is 5.69. The number of nitrogens with zero attached hydrogens (tertiary/aromatic N) is 1. The van der Waals surface area contributed by atoms with Crippen LogP contribution in [0.15, 0.2) is 18.2 Å². The van der Waals surface area contributed by atoms with Crippen LogP contribution in [0.4, 0.5) is 11.4 Å². The van der Waals surface area contributed by atoms with E-state index in [2.05, 4.69) is 10.1 Å². The SMILES string of the molecule is CCC(Nc1cc(OC)cc([N+](=O)[O-])c1)C(=O)OC. The molecular formula is C12H16N2O5. The Balaban J connectivity index is 3.02. The van der Waals surface area contributed by atoms with Crippen molar-refractivity contribution >= 4 is 17.3 Å². The molecule has 0 amide bonds. The van der Waals surface area contributed by atoms with Crippen LogP contribution < -0.4 is 10.1 Å². The Morgan fingerprint density at radius 3 is 2.58 bits per heavy atom. The van der Waals surface area contributed by atoms with E-state index in [1.165, 1.54) is 26.4 Å². The maximum absolute atomic E-state index is 11.5. The molecule has 7 heteroatoms. The summed E-state index contributed by atoms with van der Waals surface area (Å²) in [6, 6.07) is 3.67. The van der Waals surface area contributed by atoms with Gasteiger partial charge >= 0.3 is 5.97 Å². The van der Waals surface area contributed by atoms with E-state index in [0.29, 0.717) is 17.9 Å². The van der Waals surface area contributed by atoms with E-state index in [0.717, 1.165) is 0 Å². The number of rotatable bonds is 6. The number of carbonyl (C=O) groups excluding carboxylic acids is 1. The van der Waals surface area contributed by atoms with Crippen molar-refractivity contribution in [2.45, 2.75) is 19.4 Å². The van der Waals surface area contributed by atoms with Gasteiger partial charge in [0.05, 0.1) is 25.2 Å². The quantitative estimate of drug-likeness (QED) is 0.482. The van der Waals surface area contributed by atoms with E-state index >= 15 is 0 Å². The van der Waals surface area contributed by atoms with Crippen molar-refractivity contribution in [2.24, 2.45) is 0 Å². The highest BCUT2D eigenvalue weighted by molar-refractivity contribution is 5.79. The van der Waals surface area contributed by atoms with Gasteiger partial charge in [-0.05, 0) is 6.42 Å². The van der Waals surface area contributed by atoms with Crippen LogP contribution in [-0.4, -0.2) is 31.2 Å². The van der Waals surface area contributed by atoms with E-state index in [1.807, 2.05) is 6.92 Å². The lowest BCUT2D eigenvalue weighted by molar-refractivity contribution is -0.384. The summed E-state index contributed by atoms with van der Waals surface area (Å²) < 4.78 is 9.63. The van der Waals surface area contributed by atoms with Crippen LogP contribution >= 0.6 is 0 Å². The molecule has 0 aromatic heterocycles. The molecule has 1 rings (SSSR count). The number of hydrogen-bond acceptors (Lipinski definition) is 6. The number of ether oxygens (including phenoxy) is 2. The molecular weight excluding hydrogens is 252 g/mol. The lowest BCUT2D eigenvalue weighted by Crippen LogP contribution is -2.29. The molecule has 0 heterocycles. The van der Waals surface area contributed by atoms with Crippen LogP contribution in [0.3, 0.4) is 0 Å². The minimum absolute atomic E-state index is 0.110. The van der Waals surface area contributed by atoms with Crippen LogP contribution in [0, 0.1) is 10.1 Å². The molecule has 0 aliphatic carbocycles. The zero-order chi connectivity index (χ0) is 14.4. The van der Waals surface area contributed by atoms with Gasteiger partial charge in [0.25, 0.3) is 5.69 Å². The zero-order valence-electron chi connectivity index (χ0n) is 11.0. The molecule has 0 aliphatic heterocycles. The Morgan fingerprint density at radius 2 is 2.11 bits per heavy atom. The molecule has 7 nitrogen and oxygen atoms in total. The highest BCUT2D eigenvalue weighted by Gasteiger charge is 2.18. The standard InChI is InChI=1S/C12H16N2O5/c1-4-11(12(15)19-3)13-8-5-9(14(16)17)7-10(6-8)18-2/h5-7,11,13H,4H2,1-3H3. The van der Waals surface area contributed by atoms with E-state index < -0.39 is 16.9 Å². The van der Waals surface area contributed by atoms with E-state index in [1.54, 1.807) is 6.07 Å². The van der Waals surface area contributed by atoms with E-state index in [-0.39, 0.29) is 5.69 Å². The number of hydrogen-bond donors (Lipinski definition) is 1. The van der Waals surface area contributed by atoms with Gasteiger partial charge in [0, 0.05) is 17.8 Å². The largest absolute Gasteiger partial charge is 0.496 e. The topological polar surface area (TPSA) is 90.7 Å². The smallest absolute Gasteiger partial charge is 0.328 e. The highest BCUT2D eigenvalue weighted by atomic mass is 16.6. The van der Waals surface area contributed by atoms with Gasteiger partial charge in [0.15, 0.2) is 0 Å². The minimum atomic E-state index is -0.559. The minimum Gasteiger partial charge on any atom is -0.496 e. The Hall–Kier alpha value is -2.31. The van der Waals surface area contributed by atoms with Gasteiger partial charge in [-0.1, -0.05) is 6.92 Å². The lowest BCUT2D eigenvalue weighted by atomic mass is 10.2. The Labute approximate surface area is 110 Å². The number of nitro benzene ring substituents is 1. The number of nitro groups is 1. The predicted octanol–water partition coefficient (Wildman–Crippen LogP) is 1.97. The Bertz CT molecular complexity index is 475. The van der Waals surface area contributed by atoms with Gasteiger partial charge in [-0.2, -0.15) is 0 Å². The van der Waals surface area contributed by atoms with Gasteiger partial charge in [-0.25, -0.2) is 4.79 Å². The molecule has 0 fully saturated rings. The average Bonchev–Trinajstić information content (AvgIpc) is 2.43. The first kappa shape index (κ1) is 14.7. The number of non-ortho nitro benzene ring substituents is 1. The Kier molecular flexibility index (Phi) is 5.11. The van der Waals surface area contributed by atoms with Gasteiger partial charge in [0.1, 0.15) is 11.8 Å². The van der Waals surface area contributed by atoms with Crippen LogP contribution in [0.2, 0.25) is 0 Å². The third-order valence-electron chi connectivity index (χ3n) is 2.57. The summed E-state index contributed by atoms with van der Waals surface area (Å²) >= 11 is 0. The number of anilines is 1. The molecule has 0 saturated heterocycles. The van der Waals surface area contributed by atoms with E-state index in [9.17, 15) is 14.9 Å². The van der Waals surface area contributed by atoms with Crippen molar-refractivity contribution in [1.82, 2.24) is 0 Å². The van der Waals surface area contributed by atoms with Crippen molar-refractivity contribution in [2.75, 3.05) is 19.5 Å². The number of esters is 1. The van der Waals surface area contributed by atoms with Gasteiger partial charge < -0.3 is 14.8 Å². The van der Waals surface area contributed by atoms with Gasteiger partial charge in [-0.3, -0.25) is 10.1 Å². The van der Waals surface area contributed by atoms with Crippen molar-refractivity contribution in [3.63, 3.8) is 0 Å². The number of nitrogens with one attached hydrogen (secondary N) is 1. The first-order valence-electron chi connectivity index (χ1n) is 5.69. The van der Waals surface area contributed by atoms with E-state index in [4.69, 9.17) is 4.74 Å². The summed E-state index contributed by atoms with van der Waals surface area (Å²) in [4.78, 5) is 21.7. The summed E-state index contributed by atoms with van der Waals surface area (Å²) in [5.41, 5.74) is 0.324. The third kappa shape index (κ3) is 3.84. The van der Waals surface area contributed by atoms with Crippen LogP contribution in [0.25, 0.3) is 0 Å². The number of carbonyl (C=O) groups is 1. The summed E-state index contributed by atoms with van der Waals surface area (Å²) in [6.07, 6.45) is 0.498. The molecule has 1 aromatic rings. The van der Waals surface area contributed by atoms with Crippen LogP contribution in [0.5, 0.6) is 5.75 Å². The Morgan fingerprint density at radius 1 is 1.42 bits per heavy atom. The molecule has 0 spiro atoms. The summed E-state index contributed by atoms with van der Waals surface area (Å²) in [5, 5.41) is 13.7. The second kappa shape index (κ2) is 6.58. The normalized spacial score (nSPS) is 11.5. The summed E-state index contributed by atoms with van der Waals surface area (Å²) in [6.45, 7) is 1.81. The molecule has 104 valence electrons. The van der Waals surface area contributed by atoms with Crippen molar-refractivity contribution in [3.05, 3.63) is 28.3 Å². The lowest BCUT2D eigenvalue weighted by Gasteiger charge is -2.16. The summed E-state index contributed by atoms with van der Waals surface area (Å²) in [5.74, 6) is -0.0793. The zero-order valence-corrected chi connectivity index (χ0v) is 11.0. The highest BCUT2D eigenvalue weighted by Crippen LogP contribution is 2.26. The third-order valence-corrected chi connectivity index (χ3v) is 2.57. The second-order valence-corrected chi connectivity index (χ2v) is 3.81. The van der Waals surface area contributed by atoms with Crippen molar-refractivity contribution in [3.8, 4) is 5.75 Å². The van der Waals surface area contributed by atoms with Gasteiger partial charge in [0.2, 0.25) is 0 Å². The molecule has 1 unspecified atom stereocenters. The summed E-state index contributed by atoms with van der Waals surface area (Å²) in [7, 11) is 2.71. The molecule has 0 radical (unpaired) electrons. The molecule has 19 heavy (non-hydrogen) atoms. The number of methoxy groups -OCH3 is 2. The average molecular weight is 268 g/mol. The fraction of sp³-hybridized carbons (Fsp3) is 0.417. The molecule has 1 N–H and O–H groups in total. The maximum atomic E-state index is 11.5. The van der Waals surface area contributed by atoms with Crippen LogP contribution in [-0.2, 0) is 9.53 Å².